The second-order valence-corrected chi connectivity index (χ2v) is 4.93. The van der Waals surface area contributed by atoms with Crippen LogP contribution in [-0.2, 0) is 0 Å². The normalized spacial score (nSPS) is 21.3. The lowest BCUT2D eigenvalue weighted by atomic mass is 9.93. The van der Waals surface area contributed by atoms with Crippen LogP contribution in [0.4, 0.5) is 5.69 Å². The number of aromatic nitrogens is 1. The van der Waals surface area contributed by atoms with Crippen molar-refractivity contribution < 1.29 is 0 Å². The number of nitrogens with zero attached hydrogens (tertiary/aromatic N) is 2. The minimum atomic E-state index is 0.194. The highest BCUT2D eigenvalue weighted by molar-refractivity contribution is 5.44. The summed E-state index contributed by atoms with van der Waals surface area (Å²) in [5, 5.41) is 3.31. The number of hydrogen-bond donors (Lipinski definition) is 1. The molecule has 1 aliphatic carbocycles. The highest BCUT2D eigenvalue weighted by Gasteiger charge is 2.22. The van der Waals surface area contributed by atoms with Gasteiger partial charge in [0.05, 0.1) is 0 Å². The van der Waals surface area contributed by atoms with Crippen molar-refractivity contribution in [2.75, 3.05) is 31.1 Å². The lowest BCUT2D eigenvalue weighted by Gasteiger charge is -2.32. The molecule has 0 atom stereocenters. The van der Waals surface area contributed by atoms with Crippen molar-refractivity contribution in [1.82, 2.24) is 9.88 Å². The SMILES string of the molecule is O=c1c(N2CCNCC2)cccn1C1CCC1. The smallest absolute Gasteiger partial charge is 0.274 e. The Hall–Kier alpha value is -1.29. The average molecular weight is 233 g/mol. The summed E-state index contributed by atoms with van der Waals surface area (Å²) in [6.45, 7) is 3.81. The topological polar surface area (TPSA) is 37.3 Å². The van der Waals surface area contributed by atoms with Crippen LogP contribution in [0, 0.1) is 0 Å². The Kier molecular flexibility index (Phi) is 2.89. The van der Waals surface area contributed by atoms with Gasteiger partial charge in [-0.15, -0.1) is 0 Å². The number of piperazine rings is 1. The predicted octanol–water partition coefficient (Wildman–Crippen LogP) is 0.983. The van der Waals surface area contributed by atoms with Crippen LogP contribution in [0.1, 0.15) is 25.3 Å². The number of anilines is 1. The number of rotatable bonds is 2. The van der Waals surface area contributed by atoms with Crippen LogP contribution in [0.2, 0.25) is 0 Å². The van der Waals surface area contributed by atoms with E-state index in [4.69, 9.17) is 0 Å². The molecule has 2 aliphatic rings. The maximum Gasteiger partial charge on any atom is 0.274 e. The van der Waals surface area contributed by atoms with E-state index in [9.17, 15) is 4.79 Å². The van der Waals surface area contributed by atoms with Crippen LogP contribution in [0.15, 0.2) is 23.1 Å². The van der Waals surface area contributed by atoms with E-state index in [1.807, 2.05) is 22.9 Å². The summed E-state index contributed by atoms with van der Waals surface area (Å²) in [5.74, 6) is 0. The van der Waals surface area contributed by atoms with E-state index in [-0.39, 0.29) is 5.56 Å². The number of pyridine rings is 1. The molecule has 0 amide bonds. The Morgan fingerprint density at radius 3 is 2.65 bits per heavy atom. The molecule has 0 radical (unpaired) electrons. The van der Waals surface area contributed by atoms with E-state index in [2.05, 4.69) is 10.2 Å². The molecule has 1 aromatic rings. The maximum atomic E-state index is 12.4. The minimum absolute atomic E-state index is 0.194. The first kappa shape index (κ1) is 10.8. The van der Waals surface area contributed by atoms with Gasteiger partial charge in [-0.2, -0.15) is 0 Å². The lowest BCUT2D eigenvalue weighted by molar-refractivity contribution is 0.306. The van der Waals surface area contributed by atoms with Crippen molar-refractivity contribution in [3.63, 3.8) is 0 Å². The Morgan fingerprint density at radius 1 is 1.24 bits per heavy atom. The Bertz CT molecular complexity index is 444. The molecule has 0 unspecified atom stereocenters. The molecule has 1 aliphatic heterocycles. The molecule has 1 aromatic heterocycles. The fourth-order valence-electron chi connectivity index (χ4n) is 2.60. The van der Waals surface area contributed by atoms with Crippen LogP contribution in [0.25, 0.3) is 0 Å². The van der Waals surface area contributed by atoms with E-state index in [0.717, 1.165) is 44.7 Å². The highest BCUT2D eigenvalue weighted by atomic mass is 16.1. The van der Waals surface area contributed by atoms with Crippen molar-refractivity contribution in [3.8, 4) is 0 Å². The molecule has 2 heterocycles. The standard InChI is InChI=1S/C13H19N3O/c17-13-12(15-9-6-14-7-10-15)5-2-8-16(13)11-3-1-4-11/h2,5,8,11,14H,1,3-4,6-7,9-10H2. The largest absolute Gasteiger partial charge is 0.365 e. The molecule has 1 N–H and O–H groups in total. The summed E-state index contributed by atoms with van der Waals surface area (Å²) < 4.78 is 1.93. The van der Waals surface area contributed by atoms with Crippen LogP contribution >= 0.6 is 0 Å². The monoisotopic (exact) mass is 233 g/mol. The van der Waals surface area contributed by atoms with Gasteiger partial charge in [0.2, 0.25) is 0 Å². The van der Waals surface area contributed by atoms with Gasteiger partial charge in [0, 0.05) is 38.4 Å². The molecule has 0 aromatic carbocycles. The van der Waals surface area contributed by atoms with Crippen LogP contribution in [0.3, 0.4) is 0 Å². The molecule has 1 saturated carbocycles. The molecule has 17 heavy (non-hydrogen) atoms. The first-order chi connectivity index (χ1) is 8.36. The Morgan fingerprint density at radius 2 is 2.00 bits per heavy atom. The van der Waals surface area contributed by atoms with Crippen molar-refractivity contribution >= 4 is 5.69 Å². The third kappa shape index (κ3) is 1.97. The lowest BCUT2D eigenvalue weighted by Crippen LogP contribution is -2.46. The molecule has 2 fully saturated rings. The van der Waals surface area contributed by atoms with Gasteiger partial charge < -0.3 is 14.8 Å². The number of nitrogens with one attached hydrogen (secondary N) is 1. The van der Waals surface area contributed by atoms with Gasteiger partial charge in [0.1, 0.15) is 5.69 Å². The molecule has 0 spiro atoms. The van der Waals surface area contributed by atoms with Crippen molar-refractivity contribution in [3.05, 3.63) is 28.7 Å². The van der Waals surface area contributed by atoms with Crippen molar-refractivity contribution in [2.24, 2.45) is 0 Å². The zero-order valence-corrected chi connectivity index (χ0v) is 10.1. The zero-order valence-electron chi connectivity index (χ0n) is 10.1. The fourth-order valence-corrected chi connectivity index (χ4v) is 2.60. The van der Waals surface area contributed by atoms with Gasteiger partial charge in [0.25, 0.3) is 5.56 Å². The van der Waals surface area contributed by atoms with E-state index in [1.54, 1.807) is 0 Å². The fraction of sp³-hybridized carbons (Fsp3) is 0.615. The zero-order chi connectivity index (χ0) is 11.7. The first-order valence-corrected chi connectivity index (χ1v) is 6.53. The van der Waals surface area contributed by atoms with E-state index in [1.165, 1.54) is 6.42 Å². The van der Waals surface area contributed by atoms with Gasteiger partial charge >= 0.3 is 0 Å². The van der Waals surface area contributed by atoms with Gasteiger partial charge in [-0.05, 0) is 31.4 Å². The van der Waals surface area contributed by atoms with Crippen LogP contribution < -0.4 is 15.8 Å². The average Bonchev–Trinajstić information content (AvgIpc) is 2.31. The van der Waals surface area contributed by atoms with Gasteiger partial charge in [-0.25, -0.2) is 0 Å². The van der Waals surface area contributed by atoms with Crippen molar-refractivity contribution in [1.29, 1.82) is 0 Å². The molecule has 0 bridgehead atoms. The summed E-state index contributed by atoms with van der Waals surface area (Å²) >= 11 is 0. The summed E-state index contributed by atoms with van der Waals surface area (Å²) in [4.78, 5) is 14.6. The van der Waals surface area contributed by atoms with Crippen LogP contribution in [-0.4, -0.2) is 30.7 Å². The molecular weight excluding hydrogens is 214 g/mol. The highest BCUT2D eigenvalue weighted by Crippen LogP contribution is 2.30. The summed E-state index contributed by atoms with van der Waals surface area (Å²) in [7, 11) is 0. The molecule has 1 saturated heterocycles. The second kappa shape index (κ2) is 4.53. The van der Waals surface area contributed by atoms with E-state index < -0.39 is 0 Å². The molecule has 3 rings (SSSR count). The molecular formula is C13H19N3O. The second-order valence-electron chi connectivity index (χ2n) is 4.93. The predicted molar refractivity (Wildman–Crippen MR) is 68.7 cm³/mol. The molecule has 4 nitrogen and oxygen atoms in total. The first-order valence-electron chi connectivity index (χ1n) is 6.53. The summed E-state index contributed by atoms with van der Waals surface area (Å²) in [5.41, 5.74) is 1.07. The number of hydrogen-bond acceptors (Lipinski definition) is 3. The maximum absolute atomic E-state index is 12.4. The molecule has 4 heteroatoms. The third-order valence-corrected chi connectivity index (χ3v) is 3.88. The molecule has 92 valence electrons. The van der Waals surface area contributed by atoms with Gasteiger partial charge in [-0.3, -0.25) is 4.79 Å². The Balaban J connectivity index is 1.90. The quantitative estimate of drug-likeness (QED) is 0.827. The minimum Gasteiger partial charge on any atom is -0.365 e. The van der Waals surface area contributed by atoms with Crippen molar-refractivity contribution in [2.45, 2.75) is 25.3 Å². The summed E-state index contributed by atoms with van der Waals surface area (Å²) in [6.07, 6.45) is 5.52. The van der Waals surface area contributed by atoms with Gasteiger partial charge in [-0.1, -0.05) is 0 Å². The Labute approximate surface area is 101 Å². The van der Waals surface area contributed by atoms with E-state index >= 15 is 0 Å². The third-order valence-electron chi connectivity index (χ3n) is 3.88. The van der Waals surface area contributed by atoms with E-state index in [0.29, 0.717) is 6.04 Å². The van der Waals surface area contributed by atoms with Gasteiger partial charge in [0.15, 0.2) is 0 Å². The summed E-state index contributed by atoms with van der Waals surface area (Å²) in [6, 6.07) is 4.42. The van der Waals surface area contributed by atoms with Crippen LogP contribution in [0.5, 0.6) is 0 Å².